The monoisotopic (exact) mass is 343 g/mol. The highest BCUT2D eigenvalue weighted by molar-refractivity contribution is 7.22. The highest BCUT2D eigenvalue weighted by Crippen LogP contribution is 2.30. The number of nitrogens with zero attached hydrogens (tertiary/aromatic N) is 3. The van der Waals surface area contributed by atoms with Gasteiger partial charge in [0.15, 0.2) is 5.13 Å². The first-order valence-corrected chi connectivity index (χ1v) is 8.39. The molecule has 3 rings (SSSR count). The van der Waals surface area contributed by atoms with Crippen LogP contribution in [0.15, 0.2) is 48.5 Å². The molecule has 1 heterocycles. The van der Waals surface area contributed by atoms with Crippen LogP contribution in [0.5, 0.6) is 5.75 Å². The smallest absolute Gasteiger partial charge is 0.270 e. The van der Waals surface area contributed by atoms with Crippen LogP contribution in [-0.2, 0) is 0 Å². The fourth-order valence-electron chi connectivity index (χ4n) is 2.28. The normalized spacial score (nSPS) is 10.7. The van der Waals surface area contributed by atoms with Gasteiger partial charge in [-0.3, -0.25) is 10.1 Å². The number of nitro benzene ring substituents is 1. The third kappa shape index (κ3) is 3.80. The predicted octanol–water partition coefficient (Wildman–Crippen LogP) is 4.11. The number of nitro groups is 1. The number of non-ortho nitro benzene ring substituents is 1. The highest BCUT2D eigenvalue weighted by Gasteiger charge is 2.12. The number of rotatable bonds is 7. The van der Waals surface area contributed by atoms with Crippen molar-refractivity contribution in [2.24, 2.45) is 0 Å². The molecule has 6 nitrogen and oxygen atoms in total. The van der Waals surface area contributed by atoms with Gasteiger partial charge in [0.1, 0.15) is 5.75 Å². The summed E-state index contributed by atoms with van der Waals surface area (Å²) in [5.41, 5.74) is 0.879. The Balaban J connectivity index is 1.57. The first-order valence-electron chi connectivity index (χ1n) is 7.57. The van der Waals surface area contributed by atoms with Crippen LogP contribution in [0.2, 0.25) is 0 Å². The molecule has 0 N–H and O–H groups in total. The molecule has 0 aliphatic heterocycles. The van der Waals surface area contributed by atoms with Gasteiger partial charge in [0.05, 0.1) is 21.7 Å². The van der Waals surface area contributed by atoms with Gasteiger partial charge in [-0.05, 0) is 24.6 Å². The number of hydrogen-bond acceptors (Lipinski definition) is 6. The number of fused-ring (bicyclic) bond motifs is 1. The van der Waals surface area contributed by atoms with Gasteiger partial charge in [0.2, 0.25) is 0 Å². The molecule has 3 aromatic rings. The minimum absolute atomic E-state index is 0.0941. The van der Waals surface area contributed by atoms with E-state index in [0.717, 1.165) is 34.1 Å². The molecule has 124 valence electrons. The Labute approximate surface area is 143 Å². The minimum atomic E-state index is -0.385. The lowest BCUT2D eigenvalue weighted by atomic mass is 10.3. The predicted molar refractivity (Wildman–Crippen MR) is 96.1 cm³/mol. The fourth-order valence-corrected chi connectivity index (χ4v) is 3.27. The molecule has 24 heavy (non-hydrogen) atoms. The van der Waals surface area contributed by atoms with E-state index in [0.29, 0.717) is 6.61 Å². The van der Waals surface area contributed by atoms with Crippen LogP contribution in [0.25, 0.3) is 10.2 Å². The van der Waals surface area contributed by atoms with Gasteiger partial charge in [0, 0.05) is 25.7 Å². The van der Waals surface area contributed by atoms with E-state index in [1.807, 2.05) is 42.3 Å². The van der Waals surface area contributed by atoms with Gasteiger partial charge in [-0.1, -0.05) is 29.5 Å². The molecular weight excluding hydrogens is 326 g/mol. The summed E-state index contributed by atoms with van der Waals surface area (Å²) in [7, 11) is 1.97. The Morgan fingerprint density at radius 1 is 1.25 bits per heavy atom. The fraction of sp³-hybridized carbons (Fsp3) is 0.235. The van der Waals surface area contributed by atoms with Gasteiger partial charge < -0.3 is 9.64 Å². The van der Waals surface area contributed by atoms with Crippen molar-refractivity contribution in [3.05, 3.63) is 58.6 Å². The van der Waals surface area contributed by atoms with E-state index in [4.69, 9.17) is 4.74 Å². The van der Waals surface area contributed by atoms with Crippen LogP contribution in [0.4, 0.5) is 10.8 Å². The number of anilines is 1. The van der Waals surface area contributed by atoms with Crippen molar-refractivity contribution in [3.63, 3.8) is 0 Å². The van der Waals surface area contributed by atoms with E-state index < -0.39 is 0 Å². The van der Waals surface area contributed by atoms with Crippen molar-refractivity contribution in [1.29, 1.82) is 0 Å². The lowest BCUT2D eigenvalue weighted by Gasteiger charge is -2.15. The summed E-state index contributed by atoms with van der Waals surface area (Å²) in [5, 5.41) is 11.7. The Hall–Kier alpha value is -2.67. The summed E-state index contributed by atoms with van der Waals surface area (Å²) < 4.78 is 6.50. The molecule has 7 heteroatoms. The largest absolute Gasteiger partial charge is 0.494 e. The average molecular weight is 343 g/mol. The molecule has 0 bridgehead atoms. The first kappa shape index (κ1) is 16.2. The molecule has 0 aliphatic carbocycles. The number of aromatic nitrogens is 1. The second-order valence-electron chi connectivity index (χ2n) is 5.34. The summed E-state index contributed by atoms with van der Waals surface area (Å²) in [5.74, 6) is 0.868. The van der Waals surface area contributed by atoms with Crippen LogP contribution in [0.1, 0.15) is 6.42 Å². The number of benzene rings is 2. The Kier molecular flexibility index (Phi) is 4.90. The third-order valence-corrected chi connectivity index (χ3v) is 4.68. The molecule has 1 aromatic heterocycles. The summed E-state index contributed by atoms with van der Waals surface area (Å²) in [4.78, 5) is 17.0. The van der Waals surface area contributed by atoms with Crippen LogP contribution < -0.4 is 9.64 Å². The van der Waals surface area contributed by atoms with E-state index in [9.17, 15) is 10.1 Å². The molecule has 2 aromatic carbocycles. The number of ether oxygens (including phenoxy) is 1. The van der Waals surface area contributed by atoms with Crippen molar-refractivity contribution in [3.8, 4) is 5.75 Å². The summed E-state index contributed by atoms with van der Waals surface area (Å²) >= 11 is 1.46. The zero-order valence-corrected chi connectivity index (χ0v) is 14.0. The van der Waals surface area contributed by atoms with Crippen molar-refractivity contribution in [2.75, 3.05) is 25.1 Å². The van der Waals surface area contributed by atoms with Crippen LogP contribution in [-0.4, -0.2) is 30.1 Å². The van der Waals surface area contributed by atoms with Gasteiger partial charge in [0.25, 0.3) is 5.69 Å². The van der Waals surface area contributed by atoms with E-state index >= 15 is 0 Å². The number of hydrogen-bond donors (Lipinski definition) is 0. The molecule has 0 aliphatic rings. The molecule has 0 atom stereocenters. The van der Waals surface area contributed by atoms with Crippen molar-refractivity contribution >= 4 is 32.4 Å². The lowest BCUT2D eigenvalue weighted by molar-refractivity contribution is -0.384. The summed E-state index contributed by atoms with van der Waals surface area (Å²) in [6, 6.07) is 14.5. The topological polar surface area (TPSA) is 68.5 Å². The summed E-state index contributed by atoms with van der Waals surface area (Å²) in [6.45, 7) is 1.43. The lowest BCUT2D eigenvalue weighted by Crippen LogP contribution is -2.20. The zero-order chi connectivity index (χ0) is 16.9. The van der Waals surface area contributed by atoms with Crippen molar-refractivity contribution in [2.45, 2.75) is 6.42 Å². The Bertz CT molecular complexity index is 835. The quantitative estimate of drug-likeness (QED) is 0.367. The van der Waals surface area contributed by atoms with Crippen molar-refractivity contribution < 1.29 is 9.66 Å². The Morgan fingerprint density at radius 3 is 2.79 bits per heavy atom. The van der Waals surface area contributed by atoms with Gasteiger partial charge in [-0.15, -0.1) is 0 Å². The highest BCUT2D eigenvalue weighted by atomic mass is 32.1. The first-order chi connectivity index (χ1) is 11.6. The molecule has 0 spiro atoms. The van der Waals surface area contributed by atoms with E-state index in [-0.39, 0.29) is 10.6 Å². The van der Waals surface area contributed by atoms with E-state index in [2.05, 4.69) is 4.98 Å². The second kappa shape index (κ2) is 7.27. The molecular formula is C17H17N3O3S. The average Bonchev–Trinajstić information content (AvgIpc) is 3.02. The standard InChI is InChI=1S/C17H17N3O3S/c1-19(10-5-11-23-14-6-3-2-4-7-14)17-18-15-9-8-13(20(21)22)12-16(15)24-17/h2-4,6-9,12H,5,10-11H2,1H3. The number of thiazole rings is 1. The molecule has 0 fully saturated rings. The third-order valence-electron chi connectivity index (χ3n) is 3.55. The minimum Gasteiger partial charge on any atom is -0.494 e. The maximum absolute atomic E-state index is 10.8. The number of para-hydroxylation sites is 1. The Morgan fingerprint density at radius 2 is 2.04 bits per heavy atom. The van der Waals surface area contributed by atoms with Gasteiger partial charge in [-0.25, -0.2) is 4.98 Å². The molecule has 0 unspecified atom stereocenters. The van der Waals surface area contributed by atoms with Gasteiger partial charge >= 0.3 is 0 Å². The molecule has 0 saturated carbocycles. The van der Waals surface area contributed by atoms with Crippen molar-refractivity contribution in [1.82, 2.24) is 4.98 Å². The molecule has 0 amide bonds. The van der Waals surface area contributed by atoms with E-state index in [1.165, 1.54) is 17.4 Å². The van der Waals surface area contributed by atoms with E-state index in [1.54, 1.807) is 12.1 Å². The maximum Gasteiger partial charge on any atom is 0.270 e. The van der Waals surface area contributed by atoms with Crippen LogP contribution in [0.3, 0.4) is 0 Å². The molecule has 0 saturated heterocycles. The zero-order valence-electron chi connectivity index (χ0n) is 13.2. The summed E-state index contributed by atoms with van der Waals surface area (Å²) in [6.07, 6.45) is 0.863. The second-order valence-corrected chi connectivity index (χ2v) is 6.35. The van der Waals surface area contributed by atoms with Crippen LogP contribution >= 0.6 is 11.3 Å². The SMILES string of the molecule is CN(CCCOc1ccccc1)c1nc2ccc([N+](=O)[O-])cc2s1. The maximum atomic E-state index is 10.8. The molecule has 0 radical (unpaired) electrons. The van der Waals surface area contributed by atoms with Crippen LogP contribution in [0, 0.1) is 10.1 Å². The van der Waals surface area contributed by atoms with Gasteiger partial charge in [-0.2, -0.15) is 0 Å².